The van der Waals surface area contributed by atoms with Gasteiger partial charge in [0.15, 0.2) is 0 Å². The number of rotatable bonds is 8. The van der Waals surface area contributed by atoms with Crippen LogP contribution in [0.25, 0.3) is 0 Å². The summed E-state index contributed by atoms with van der Waals surface area (Å²) >= 11 is 4.81. The molecule has 0 aliphatic carbocycles. The summed E-state index contributed by atoms with van der Waals surface area (Å²) in [5, 5.41) is 0. The number of carbonyl (C=O) groups is 1. The first-order valence-corrected chi connectivity index (χ1v) is 7.19. The molecular formula is C13H25N3O3S. The molecule has 0 aromatic rings. The lowest BCUT2D eigenvalue weighted by atomic mass is 10.3. The zero-order chi connectivity index (χ0) is 15.1. The highest BCUT2D eigenvalue weighted by molar-refractivity contribution is 7.80. The first kappa shape index (κ1) is 17.3. The number of hydrogen-bond acceptors (Lipinski definition) is 5. The van der Waals surface area contributed by atoms with E-state index in [0.717, 1.165) is 19.6 Å². The van der Waals surface area contributed by atoms with Crippen LogP contribution in [-0.2, 0) is 14.3 Å². The number of ether oxygens (including phenoxy) is 2. The summed E-state index contributed by atoms with van der Waals surface area (Å²) in [7, 11) is 5.16. The predicted molar refractivity (Wildman–Crippen MR) is 81.7 cm³/mol. The topological polar surface area (TPSA) is 68.0 Å². The van der Waals surface area contributed by atoms with Gasteiger partial charge in [0.05, 0.1) is 17.2 Å². The largest absolute Gasteiger partial charge is 0.393 e. The van der Waals surface area contributed by atoms with Gasteiger partial charge in [0, 0.05) is 60.3 Å². The lowest BCUT2D eigenvalue weighted by molar-refractivity contribution is -0.130. The second-order valence-electron chi connectivity index (χ2n) is 5.09. The number of amides is 1. The summed E-state index contributed by atoms with van der Waals surface area (Å²) in [6.07, 6.45) is 1.23. The second-order valence-corrected chi connectivity index (χ2v) is 5.61. The standard InChI is InChI=1S/C13H25N3O3S/c1-15(6-4-12(14)20)13(17)5-7-16-8-10(18-2)11(9-16)19-3/h10-11H,4-9H2,1-3H3,(H2,14,20). The van der Waals surface area contributed by atoms with Crippen LogP contribution in [-0.4, -0.2) is 80.3 Å². The van der Waals surface area contributed by atoms with Crippen LogP contribution >= 0.6 is 12.2 Å². The van der Waals surface area contributed by atoms with Gasteiger partial charge in [-0.15, -0.1) is 0 Å². The van der Waals surface area contributed by atoms with Gasteiger partial charge in [0.2, 0.25) is 5.91 Å². The number of methoxy groups -OCH3 is 2. The molecule has 2 atom stereocenters. The maximum absolute atomic E-state index is 12.0. The molecule has 1 amide bonds. The van der Waals surface area contributed by atoms with Gasteiger partial charge in [-0.2, -0.15) is 0 Å². The zero-order valence-electron chi connectivity index (χ0n) is 12.5. The van der Waals surface area contributed by atoms with Crippen molar-refractivity contribution in [1.29, 1.82) is 0 Å². The number of nitrogens with zero attached hydrogens (tertiary/aromatic N) is 2. The van der Waals surface area contributed by atoms with Crippen LogP contribution < -0.4 is 5.73 Å². The van der Waals surface area contributed by atoms with E-state index >= 15 is 0 Å². The molecular weight excluding hydrogens is 278 g/mol. The molecule has 1 heterocycles. The Morgan fingerprint density at radius 3 is 2.30 bits per heavy atom. The molecule has 1 saturated heterocycles. The summed E-state index contributed by atoms with van der Waals surface area (Å²) in [6.45, 7) is 2.91. The van der Waals surface area contributed by atoms with E-state index in [1.165, 1.54) is 0 Å². The molecule has 1 rings (SSSR count). The third-order valence-corrected chi connectivity index (χ3v) is 3.86. The van der Waals surface area contributed by atoms with Gasteiger partial charge < -0.3 is 20.1 Å². The molecule has 0 aromatic heterocycles. The highest BCUT2D eigenvalue weighted by atomic mass is 32.1. The molecule has 0 spiro atoms. The van der Waals surface area contributed by atoms with Gasteiger partial charge in [0.1, 0.15) is 0 Å². The van der Waals surface area contributed by atoms with E-state index in [1.54, 1.807) is 26.2 Å². The summed E-state index contributed by atoms with van der Waals surface area (Å²) in [5.74, 6) is 0.107. The van der Waals surface area contributed by atoms with Crippen LogP contribution in [0.15, 0.2) is 0 Å². The Morgan fingerprint density at radius 1 is 1.30 bits per heavy atom. The van der Waals surface area contributed by atoms with Gasteiger partial charge in [-0.1, -0.05) is 12.2 Å². The minimum atomic E-state index is 0.0856. The Morgan fingerprint density at radius 2 is 1.85 bits per heavy atom. The number of carbonyl (C=O) groups excluding carboxylic acids is 1. The fourth-order valence-electron chi connectivity index (χ4n) is 2.30. The van der Waals surface area contributed by atoms with Gasteiger partial charge in [-0.3, -0.25) is 9.69 Å². The first-order valence-electron chi connectivity index (χ1n) is 6.78. The highest BCUT2D eigenvalue weighted by Crippen LogP contribution is 2.15. The number of hydrogen-bond donors (Lipinski definition) is 1. The quantitative estimate of drug-likeness (QED) is 0.629. The summed E-state index contributed by atoms with van der Waals surface area (Å²) in [4.78, 5) is 16.3. The Hall–Kier alpha value is -0.760. The van der Waals surface area contributed by atoms with Crippen molar-refractivity contribution in [3.05, 3.63) is 0 Å². The molecule has 7 heteroatoms. The predicted octanol–water partition coefficient (Wildman–Crippen LogP) is -0.143. The SMILES string of the molecule is COC1CN(CCC(=O)N(C)CCC(N)=S)CC1OC. The summed E-state index contributed by atoms with van der Waals surface area (Å²) in [6, 6.07) is 0. The van der Waals surface area contributed by atoms with E-state index in [0.29, 0.717) is 24.4 Å². The lowest BCUT2D eigenvalue weighted by Crippen LogP contribution is -2.33. The van der Waals surface area contributed by atoms with Crippen molar-refractivity contribution >= 4 is 23.1 Å². The van der Waals surface area contributed by atoms with E-state index in [4.69, 9.17) is 27.4 Å². The smallest absolute Gasteiger partial charge is 0.223 e. The van der Waals surface area contributed by atoms with E-state index in [-0.39, 0.29) is 18.1 Å². The maximum atomic E-state index is 12.0. The fourth-order valence-corrected chi connectivity index (χ4v) is 2.39. The van der Waals surface area contributed by atoms with Crippen molar-refractivity contribution < 1.29 is 14.3 Å². The van der Waals surface area contributed by atoms with Crippen molar-refractivity contribution in [2.24, 2.45) is 5.73 Å². The molecule has 0 bridgehead atoms. The monoisotopic (exact) mass is 303 g/mol. The van der Waals surface area contributed by atoms with Gasteiger partial charge in [0.25, 0.3) is 0 Å². The third kappa shape index (κ3) is 5.32. The van der Waals surface area contributed by atoms with Crippen LogP contribution in [0.2, 0.25) is 0 Å². The van der Waals surface area contributed by atoms with Crippen molar-refractivity contribution in [3.63, 3.8) is 0 Å². The Labute approximate surface area is 126 Å². The van der Waals surface area contributed by atoms with Gasteiger partial charge >= 0.3 is 0 Å². The molecule has 2 N–H and O–H groups in total. The minimum absolute atomic E-state index is 0.0856. The fraction of sp³-hybridized carbons (Fsp3) is 0.846. The van der Waals surface area contributed by atoms with Crippen molar-refractivity contribution in [1.82, 2.24) is 9.80 Å². The second kappa shape index (κ2) is 8.51. The van der Waals surface area contributed by atoms with E-state index in [1.807, 2.05) is 0 Å². The molecule has 116 valence electrons. The number of likely N-dealkylation sites (tertiary alicyclic amines) is 1. The van der Waals surface area contributed by atoms with Gasteiger partial charge in [-0.25, -0.2) is 0 Å². The van der Waals surface area contributed by atoms with Crippen molar-refractivity contribution in [2.45, 2.75) is 25.0 Å². The summed E-state index contributed by atoms with van der Waals surface area (Å²) in [5.41, 5.74) is 5.43. The number of nitrogens with two attached hydrogens (primary N) is 1. The van der Waals surface area contributed by atoms with E-state index < -0.39 is 0 Å². The molecule has 1 fully saturated rings. The van der Waals surface area contributed by atoms with Crippen molar-refractivity contribution in [3.8, 4) is 0 Å². The lowest BCUT2D eigenvalue weighted by Gasteiger charge is -2.19. The molecule has 1 aliphatic rings. The molecule has 2 unspecified atom stereocenters. The molecule has 0 saturated carbocycles. The normalized spacial score (nSPS) is 22.9. The molecule has 6 nitrogen and oxygen atoms in total. The molecule has 1 aliphatic heterocycles. The molecule has 20 heavy (non-hydrogen) atoms. The Balaban J connectivity index is 2.29. The Kier molecular flexibility index (Phi) is 7.36. The third-order valence-electron chi connectivity index (χ3n) is 3.66. The van der Waals surface area contributed by atoms with Gasteiger partial charge in [-0.05, 0) is 0 Å². The molecule has 0 aromatic carbocycles. The number of thiocarbonyl (C=S) groups is 1. The van der Waals surface area contributed by atoms with Crippen LogP contribution in [0.1, 0.15) is 12.8 Å². The maximum Gasteiger partial charge on any atom is 0.223 e. The Bertz CT molecular complexity index is 329. The van der Waals surface area contributed by atoms with Crippen LogP contribution in [0, 0.1) is 0 Å². The average molecular weight is 303 g/mol. The minimum Gasteiger partial charge on any atom is -0.393 e. The van der Waals surface area contributed by atoms with E-state index in [2.05, 4.69) is 4.90 Å². The summed E-state index contributed by atoms with van der Waals surface area (Å²) < 4.78 is 10.7. The van der Waals surface area contributed by atoms with Crippen molar-refractivity contribution in [2.75, 3.05) is 47.4 Å². The molecule has 0 radical (unpaired) electrons. The first-order chi connectivity index (χ1) is 9.47. The van der Waals surface area contributed by atoms with Crippen LogP contribution in [0.4, 0.5) is 0 Å². The average Bonchev–Trinajstić information content (AvgIpc) is 2.84. The highest BCUT2D eigenvalue weighted by Gasteiger charge is 2.32. The van der Waals surface area contributed by atoms with Crippen LogP contribution in [0.3, 0.4) is 0 Å². The van der Waals surface area contributed by atoms with Crippen LogP contribution in [0.5, 0.6) is 0 Å². The zero-order valence-corrected chi connectivity index (χ0v) is 13.3. The van der Waals surface area contributed by atoms with E-state index in [9.17, 15) is 4.79 Å².